The normalized spacial score (nSPS) is 15.7. The number of aliphatic hydroxyl groups is 1. The highest BCUT2D eigenvalue weighted by Gasteiger charge is 2.11. The molecular weight excluding hydrogens is 238 g/mol. The molecule has 3 heteroatoms. The number of piperidine rings is 1. The fraction of sp³-hybridized carbons (Fsp3) is 0.500. The van der Waals surface area contributed by atoms with Crippen molar-refractivity contribution >= 4 is 0 Å². The van der Waals surface area contributed by atoms with E-state index in [4.69, 9.17) is 9.84 Å². The van der Waals surface area contributed by atoms with Crippen LogP contribution in [0.1, 0.15) is 30.4 Å². The number of methoxy groups -OCH3 is 1. The Labute approximate surface area is 115 Å². The van der Waals surface area contributed by atoms with E-state index >= 15 is 0 Å². The van der Waals surface area contributed by atoms with Crippen LogP contribution in [0.2, 0.25) is 0 Å². The number of nitrogens with zero attached hydrogens (tertiary/aromatic N) is 1. The summed E-state index contributed by atoms with van der Waals surface area (Å²) in [6, 6.07) is 6.12. The summed E-state index contributed by atoms with van der Waals surface area (Å²) in [5.74, 6) is 6.40. The minimum Gasteiger partial charge on any atom is -0.495 e. The molecule has 1 N–H and O–H groups in total. The van der Waals surface area contributed by atoms with Gasteiger partial charge < -0.3 is 9.84 Å². The highest BCUT2D eigenvalue weighted by Crippen LogP contribution is 2.21. The molecule has 1 aromatic carbocycles. The molecule has 19 heavy (non-hydrogen) atoms. The van der Waals surface area contributed by atoms with E-state index in [0.29, 0.717) is 0 Å². The molecule has 3 nitrogen and oxygen atoms in total. The van der Waals surface area contributed by atoms with Gasteiger partial charge in [-0.05, 0) is 43.6 Å². The topological polar surface area (TPSA) is 32.7 Å². The minimum atomic E-state index is -0.125. The smallest absolute Gasteiger partial charge is 0.134 e. The van der Waals surface area contributed by atoms with E-state index in [1.165, 1.54) is 37.9 Å². The van der Waals surface area contributed by atoms with Gasteiger partial charge >= 0.3 is 0 Å². The molecule has 1 heterocycles. The third-order valence-corrected chi connectivity index (χ3v) is 3.42. The summed E-state index contributed by atoms with van der Waals surface area (Å²) in [5, 5.41) is 8.80. The fourth-order valence-electron chi connectivity index (χ4n) is 2.46. The van der Waals surface area contributed by atoms with Gasteiger partial charge in [0.2, 0.25) is 0 Å². The van der Waals surface area contributed by atoms with E-state index in [9.17, 15) is 0 Å². The van der Waals surface area contributed by atoms with Gasteiger partial charge in [-0.25, -0.2) is 0 Å². The second-order valence-electron chi connectivity index (χ2n) is 4.83. The summed E-state index contributed by atoms with van der Waals surface area (Å²) >= 11 is 0. The zero-order chi connectivity index (χ0) is 13.5. The number of aliphatic hydroxyl groups excluding tert-OH is 1. The SMILES string of the molecule is COc1ccc(CN2CCCCC2)cc1C#CCO. The third-order valence-electron chi connectivity index (χ3n) is 3.42. The lowest BCUT2D eigenvalue weighted by atomic mass is 10.1. The van der Waals surface area contributed by atoms with Crippen LogP contribution in [0.3, 0.4) is 0 Å². The summed E-state index contributed by atoms with van der Waals surface area (Å²) in [5.41, 5.74) is 2.11. The van der Waals surface area contributed by atoms with Crippen LogP contribution in [0.15, 0.2) is 18.2 Å². The lowest BCUT2D eigenvalue weighted by molar-refractivity contribution is 0.221. The van der Waals surface area contributed by atoms with E-state index in [1.807, 2.05) is 6.07 Å². The van der Waals surface area contributed by atoms with Gasteiger partial charge in [0.25, 0.3) is 0 Å². The molecule has 1 fully saturated rings. The second-order valence-corrected chi connectivity index (χ2v) is 4.83. The molecule has 0 amide bonds. The lowest BCUT2D eigenvalue weighted by Crippen LogP contribution is -2.29. The minimum absolute atomic E-state index is 0.125. The highest BCUT2D eigenvalue weighted by atomic mass is 16.5. The first kappa shape index (κ1) is 13.9. The molecule has 102 valence electrons. The van der Waals surface area contributed by atoms with Crippen LogP contribution in [-0.2, 0) is 6.54 Å². The van der Waals surface area contributed by atoms with Crippen molar-refractivity contribution in [1.29, 1.82) is 0 Å². The van der Waals surface area contributed by atoms with Crippen LogP contribution in [0.5, 0.6) is 5.75 Å². The molecule has 0 spiro atoms. The predicted molar refractivity (Wildman–Crippen MR) is 76.1 cm³/mol. The molecule has 0 bridgehead atoms. The van der Waals surface area contributed by atoms with Crippen LogP contribution in [-0.4, -0.2) is 36.8 Å². The van der Waals surface area contributed by atoms with E-state index in [0.717, 1.165) is 17.9 Å². The van der Waals surface area contributed by atoms with Gasteiger partial charge in [-0.1, -0.05) is 24.3 Å². The molecule has 0 atom stereocenters. The van der Waals surface area contributed by atoms with Crippen molar-refractivity contribution in [3.63, 3.8) is 0 Å². The maximum Gasteiger partial charge on any atom is 0.134 e. The van der Waals surface area contributed by atoms with Crippen molar-refractivity contribution in [3.8, 4) is 17.6 Å². The maximum absolute atomic E-state index is 8.80. The summed E-state index contributed by atoms with van der Waals surface area (Å²) in [6.45, 7) is 3.21. The summed E-state index contributed by atoms with van der Waals surface area (Å²) in [7, 11) is 1.64. The number of hydrogen-bond donors (Lipinski definition) is 1. The van der Waals surface area contributed by atoms with E-state index < -0.39 is 0 Å². The number of rotatable bonds is 3. The molecule has 1 aliphatic heterocycles. The number of hydrogen-bond acceptors (Lipinski definition) is 3. The average molecular weight is 259 g/mol. The van der Waals surface area contributed by atoms with Crippen LogP contribution in [0.25, 0.3) is 0 Å². The van der Waals surface area contributed by atoms with Crippen molar-refractivity contribution < 1.29 is 9.84 Å². The van der Waals surface area contributed by atoms with Crippen molar-refractivity contribution in [1.82, 2.24) is 4.90 Å². The van der Waals surface area contributed by atoms with Crippen molar-refractivity contribution in [2.24, 2.45) is 0 Å². The Hall–Kier alpha value is -1.50. The Morgan fingerprint density at radius 1 is 1.26 bits per heavy atom. The van der Waals surface area contributed by atoms with Crippen molar-refractivity contribution in [2.75, 3.05) is 26.8 Å². The molecule has 1 aliphatic rings. The number of ether oxygens (including phenoxy) is 1. The zero-order valence-corrected chi connectivity index (χ0v) is 11.5. The van der Waals surface area contributed by atoms with Crippen LogP contribution in [0.4, 0.5) is 0 Å². The molecule has 0 unspecified atom stereocenters. The molecule has 1 saturated heterocycles. The molecule has 0 aromatic heterocycles. The van der Waals surface area contributed by atoms with Gasteiger partial charge in [-0.15, -0.1) is 0 Å². The molecule has 2 rings (SSSR count). The largest absolute Gasteiger partial charge is 0.495 e. The van der Waals surface area contributed by atoms with Crippen LogP contribution < -0.4 is 4.74 Å². The van der Waals surface area contributed by atoms with Gasteiger partial charge in [0.05, 0.1) is 12.7 Å². The van der Waals surface area contributed by atoms with E-state index in [-0.39, 0.29) is 6.61 Å². The average Bonchev–Trinajstić information content (AvgIpc) is 2.46. The second kappa shape index (κ2) is 7.18. The molecule has 0 aliphatic carbocycles. The Bertz CT molecular complexity index is 467. The van der Waals surface area contributed by atoms with Gasteiger partial charge in [0, 0.05) is 6.54 Å². The van der Waals surface area contributed by atoms with Gasteiger partial charge in [-0.3, -0.25) is 4.90 Å². The molecule has 0 radical (unpaired) electrons. The van der Waals surface area contributed by atoms with Gasteiger partial charge in [0.15, 0.2) is 0 Å². The summed E-state index contributed by atoms with van der Waals surface area (Å²) < 4.78 is 5.29. The summed E-state index contributed by atoms with van der Waals surface area (Å²) in [6.07, 6.45) is 3.95. The standard InChI is InChI=1S/C16H21NO2/c1-19-16-8-7-14(12-15(16)6-5-11-18)13-17-9-3-2-4-10-17/h7-8,12,18H,2-4,9-11,13H2,1H3. The van der Waals surface area contributed by atoms with Gasteiger partial charge in [0.1, 0.15) is 12.4 Å². The predicted octanol–water partition coefficient (Wildman–Crippen LogP) is 2.02. The Kier molecular flexibility index (Phi) is 5.26. The molecule has 1 aromatic rings. The Morgan fingerprint density at radius 3 is 2.74 bits per heavy atom. The first-order chi connectivity index (χ1) is 9.33. The van der Waals surface area contributed by atoms with Crippen LogP contribution in [0, 0.1) is 11.8 Å². The zero-order valence-electron chi connectivity index (χ0n) is 11.5. The van der Waals surface area contributed by atoms with E-state index in [1.54, 1.807) is 7.11 Å². The number of likely N-dealkylation sites (tertiary alicyclic amines) is 1. The molecular formula is C16H21NO2. The molecule has 0 saturated carbocycles. The van der Waals surface area contributed by atoms with Crippen molar-refractivity contribution in [2.45, 2.75) is 25.8 Å². The summed E-state index contributed by atoms with van der Waals surface area (Å²) in [4.78, 5) is 2.48. The maximum atomic E-state index is 8.80. The Balaban J connectivity index is 2.12. The van der Waals surface area contributed by atoms with Crippen molar-refractivity contribution in [3.05, 3.63) is 29.3 Å². The van der Waals surface area contributed by atoms with Crippen LogP contribution >= 0.6 is 0 Å². The first-order valence-electron chi connectivity index (χ1n) is 6.82. The van der Waals surface area contributed by atoms with E-state index in [2.05, 4.69) is 28.9 Å². The fourth-order valence-corrected chi connectivity index (χ4v) is 2.46. The lowest BCUT2D eigenvalue weighted by Gasteiger charge is -2.26. The quantitative estimate of drug-likeness (QED) is 0.843. The number of benzene rings is 1. The Morgan fingerprint density at radius 2 is 2.05 bits per heavy atom. The third kappa shape index (κ3) is 3.99. The van der Waals surface area contributed by atoms with Gasteiger partial charge in [-0.2, -0.15) is 0 Å². The highest BCUT2D eigenvalue weighted by molar-refractivity contribution is 5.48. The monoisotopic (exact) mass is 259 g/mol. The first-order valence-corrected chi connectivity index (χ1v) is 6.82.